The van der Waals surface area contributed by atoms with Crippen molar-refractivity contribution in [2.45, 2.75) is 31.7 Å². The highest BCUT2D eigenvalue weighted by atomic mass is 32.2. The first-order chi connectivity index (χ1) is 16.2. The Balaban J connectivity index is 0.000000466. The molecular formula is C25H27F3O5PS+. The lowest BCUT2D eigenvalue weighted by atomic mass is 9.87. The molecule has 10 heteroatoms. The molecule has 0 aliphatic carbocycles. The van der Waals surface area contributed by atoms with Crippen molar-refractivity contribution in [3.8, 4) is 0 Å². The van der Waals surface area contributed by atoms with Crippen LogP contribution in [0, 0.1) is 0 Å². The molecule has 0 bridgehead atoms. The molecule has 0 aromatic heterocycles. The Hall–Kier alpha value is -2.74. The molecular weight excluding hydrogens is 500 g/mol. The van der Waals surface area contributed by atoms with Gasteiger partial charge in [0, 0.05) is 0 Å². The summed E-state index contributed by atoms with van der Waals surface area (Å²) >= 11 is 0. The van der Waals surface area contributed by atoms with E-state index in [0.717, 1.165) is 5.30 Å². The number of methoxy groups -OCH3 is 1. The second kappa shape index (κ2) is 11.3. The zero-order valence-corrected chi connectivity index (χ0v) is 21.4. The zero-order chi connectivity index (χ0) is 26.4. The number of halogens is 3. The standard InChI is InChI=1S/C24H25O2P.CHF3O3S/c1-24(2,3)18-14-16-20(17-15-18)27(19-10-6-5-7-11-19)22-13-9-8-12-21(22)23(25)26-4;2-1(3,4)8(5,6)7/h5-17H,1-4H3;(H,5,6,7)/p+1. The van der Waals surface area contributed by atoms with Crippen LogP contribution in [0.3, 0.4) is 0 Å². The highest BCUT2D eigenvalue weighted by Crippen LogP contribution is 2.35. The molecule has 0 spiro atoms. The summed E-state index contributed by atoms with van der Waals surface area (Å²) in [7, 11) is -5.73. The maximum Gasteiger partial charge on any atom is 0.522 e. The molecule has 0 radical (unpaired) electrons. The van der Waals surface area contributed by atoms with Gasteiger partial charge in [0.2, 0.25) is 0 Å². The van der Waals surface area contributed by atoms with E-state index in [1.807, 2.05) is 24.3 Å². The van der Waals surface area contributed by atoms with Crippen LogP contribution >= 0.6 is 7.92 Å². The minimum atomic E-state index is -5.84. The highest BCUT2D eigenvalue weighted by Gasteiger charge is 2.44. The minimum Gasteiger partial charge on any atom is -0.465 e. The van der Waals surface area contributed by atoms with Crippen molar-refractivity contribution in [3.63, 3.8) is 0 Å². The van der Waals surface area contributed by atoms with Crippen molar-refractivity contribution in [1.82, 2.24) is 0 Å². The third-order valence-corrected chi connectivity index (χ3v) is 8.38. The molecule has 0 aliphatic rings. The Labute approximate surface area is 204 Å². The molecule has 1 unspecified atom stereocenters. The van der Waals surface area contributed by atoms with Crippen LogP contribution in [0.15, 0.2) is 78.9 Å². The number of benzene rings is 3. The summed E-state index contributed by atoms with van der Waals surface area (Å²) in [5.74, 6) is -0.282. The summed E-state index contributed by atoms with van der Waals surface area (Å²) in [5, 5.41) is 3.57. The number of carbonyl (C=O) groups excluding carboxylic acids is 1. The van der Waals surface area contributed by atoms with Crippen LogP contribution in [-0.4, -0.2) is 31.6 Å². The van der Waals surface area contributed by atoms with Gasteiger partial charge >= 0.3 is 21.6 Å². The largest absolute Gasteiger partial charge is 0.522 e. The molecule has 0 saturated heterocycles. The van der Waals surface area contributed by atoms with Gasteiger partial charge in [0.05, 0.1) is 15.0 Å². The minimum absolute atomic E-state index is 0.113. The molecule has 1 atom stereocenters. The lowest BCUT2D eigenvalue weighted by Crippen LogP contribution is -2.26. The number of carbonyl (C=O) groups is 1. The molecule has 0 amide bonds. The van der Waals surface area contributed by atoms with Crippen molar-refractivity contribution >= 4 is 39.9 Å². The molecule has 3 aromatic rings. The van der Waals surface area contributed by atoms with Gasteiger partial charge in [-0.1, -0.05) is 63.2 Å². The lowest BCUT2D eigenvalue weighted by Gasteiger charge is -2.20. The summed E-state index contributed by atoms with van der Waals surface area (Å²) in [5.41, 5.74) is -3.46. The van der Waals surface area contributed by atoms with Gasteiger partial charge in [-0.15, -0.1) is 0 Å². The van der Waals surface area contributed by atoms with Gasteiger partial charge in [0.25, 0.3) is 0 Å². The quantitative estimate of drug-likeness (QED) is 0.231. The number of esters is 1. The molecule has 0 heterocycles. The Morgan fingerprint density at radius 2 is 1.29 bits per heavy atom. The third kappa shape index (κ3) is 7.62. The number of alkyl halides is 3. The fraction of sp³-hybridized carbons (Fsp3) is 0.240. The third-order valence-electron chi connectivity index (χ3n) is 5.00. The van der Waals surface area contributed by atoms with Crippen molar-refractivity contribution in [1.29, 1.82) is 0 Å². The Morgan fingerprint density at radius 1 is 0.829 bits per heavy atom. The van der Waals surface area contributed by atoms with Crippen LogP contribution in [0.25, 0.3) is 0 Å². The number of rotatable bonds is 4. The fourth-order valence-electron chi connectivity index (χ4n) is 3.21. The first-order valence-electron chi connectivity index (χ1n) is 10.4. The van der Waals surface area contributed by atoms with Gasteiger partial charge in [0.15, 0.2) is 0 Å². The van der Waals surface area contributed by atoms with Gasteiger partial charge in [-0.2, -0.15) is 21.6 Å². The Kier molecular flexibility index (Phi) is 9.23. The van der Waals surface area contributed by atoms with E-state index in [2.05, 4.69) is 75.4 Å². The van der Waals surface area contributed by atoms with Crippen molar-refractivity contribution < 1.29 is 35.7 Å². The Bertz CT molecular complexity index is 1240. The van der Waals surface area contributed by atoms with E-state index >= 15 is 0 Å². The first kappa shape index (κ1) is 28.5. The molecule has 0 saturated carbocycles. The monoisotopic (exact) mass is 527 g/mol. The van der Waals surface area contributed by atoms with Crippen LogP contribution in [0.2, 0.25) is 0 Å². The van der Waals surface area contributed by atoms with Crippen molar-refractivity contribution in [2.75, 3.05) is 7.11 Å². The molecule has 0 fully saturated rings. The second-order valence-electron chi connectivity index (χ2n) is 8.53. The maximum absolute atomic E-state index is 12.4. The fourth-order valence-corrected chi connectivity index (χ4v) is 5.91. The predicted molar refractivity (Wildman–Crippen MR) is 134 cm³/mol. The first-order valence-corrected chi connectivity index (χ1v) is 13.4. The summed E-state index contributed by atoms with van der Waals surface area (Å²) in [4.78, 5) is 12.4. The second-order valence-corrected chi connectivity index (χ2v) is 12.4. The smallest absolute Gasteiger partial charge is 0.465 e. The average molecular weight is 528 g/mol. The zero-order valence-electron chi connectivity index (χ0n) is 19.6. The maximum atomic E-state index is 12.4. The molecule has 3 rings (SSSR count). The molecule has 35 heavy (non-hydrogen) atoms. The van der Waals surface area contributed by atoms with E-state index in [0.29, 0.717) is 5.56 Å². The predicted octanol–water partition coefficient (Wildman–Crippen LogP) is 4.66. The molecule has 5 nitrogen and oxygen atoms in total. The number of hydrogen-bond acceptors (Lipinski definition) is 4. The molecule has 1 N–H and O–H groups in total. The summed E-state index contributed by atoms with van der Waals surface area (Å²) in [6.07, 6.45) is 0. The van der Waals surface area contributed by atoms with E-state index in [1.165, 1.54) is 23.3 Å². The topological polar surface area (TPSA) is 80.7 Å². The molecule has 0 aliphatic heterocycles. The van der Waals surface area contributed by atoms with Gasteiger partial charge in [0.1, 0.15) is 21.5 Å². The van der Waals surface area contributed by atoms with Crippen LogP contribution in [0.1, 0.15) is 36.7 Å². The van der Waals surface area contributed by atoms with Crippen molar-refractivity contribution in [2.24, 2.45) is 0 Å². The van der Waals surface area contributed by atoms with E-state index in [1.54, 1.807) is 0 Å². The van der Waals surface area contributed by atoms with Gasteiger partial charge in [-0.05, 0) is 47.4 Å². The summed E-state index contributed by atoms with van der Waals surface area (Å²) < 4.78 is 62.6. The van der Waals surface area contributed by atoms with Crippen LogP contribution in [0.4, 0.5) is 13.2 Å². The molecule has 3 aromatic carbocycles. The van der Waals surface area contributed by atoms with E-state index in [4.69, 9.17) is 17.7 Å². The lowest BCUT2D eigenvalue weighted by molar-refractivity contribution is -0.0510. The van der Waals surface area contributed by atoms with E-state index < -0.39 is 23.5 Å². The summed E-state index contributed by atoms with van der Waals surface area (Å²) in [6, 6.07) is 27.1. The van der Waals surface area contributed by atoms with Gasteiger partial charge in [-0.3, -0.25) is 4.55 Å². The Morgan fingerprint density at radius 3 is 1.74 bits per heavy atom. The normalized spacial score (nSPS) is 12.8. The van der Waals surface area contributed by atoms with Crippen molar-refractivity contribution in [3.05, 3.63) is 90.0 Å². The van der Waals surface area contributed by atoms with Crippen LogP contribution in [0.5, 0.6) is 0 Å². The SMILES string of the molecule is COC(=O)c1ccccc1[PH+](c1ccccc1)c1ccc(C(C)(C)C)cc1.O=S(=O)(O)C(F)(F)F. The average Bonchev–Trinajstić information content (AvgIpc) is 2.79. The molecule has 188 valence electrons. The number of ether oxygens (including phenoxy) is 1. The number of hydrogen-bond donors (Lipinski definition) is 1. The van der Waals surface area contributed by atoms with Gasteiger partial charge < -0.3 is 4.74 Å². The van der Waals surface area contributed by atoms with E-state index in [9.17, 15) is 18.0 Å². The van der Waals surface area contributed by atoms with Crippen LogP contribution in [-0.2, 0) is 20.3 Å². The highest BCUT2D eigenvalue weighted by molar-refractivity contribution is 7.86. The van der Waals surface area contributed by atoms with E-state index in [-0.39, 0.29) is 11.4 Å². The van der Waals surface area contributed by atoms with Gasteiger partial charge in [-0.25, -0.2) is 4.79 Å². The summed E-state index contributed by atoms with van der Waals surface area (Å²) in [6.45, 7) is 6.66. The van der Waals surface area contributed by atoms with Crippen LogP contribution < -0.4 is 15.9 Å².